The molecule has 2 aromatic rings. The second-order valence-corrected chi connectivity index (χ2v) is 8.58. The molecule has 2 aromatic heterocycles. The third kappa shape index (κ3) is 4.46. The summed E-state index contributed by atoms with van der Waals surface area (Å²) in [5.41, 5.74) is 1.85. The first kappa shape index (κ1) is 21.4. The Kier molecular flexibility index (Phi) is 6.32. The van der Waals surface area contributed by atoms with Crippen molar-refractivity contribution in [2.45, 2.75) is 33.2 Å². The molecule has 2 aliphatic heterocycles. The first-order valence-electron chi connectivity index (χ1n) is 11.0. The number of carbonyl (C=O) groups excluding carboxylic acids is 2. The van der Waals surface area contributed by atoms with Crippen LogP contribution in [-0.2, 0) is 16.1 Å². The van der Waals surface area contributed by atoms with E-state index >= 15 is 0 Å². The number of pyridine rings is 2. The first-order valence-corrected chi connectivity index (χ1v) is 11.0. The summed E-state index contributed by atoms with van der Waals surface area (Å²) >= 11 is 0. The van der Waals surface area contributed by atoms with Crippen LogP contribution in [0.5, 0.6) is 0 Å². The number of aryl methyl sites for hydroxylation is 1. The van der Waals surface area contributed by atoms with Crippen LogP contribution in [0, 0.1) is 18.3 Å². The molecule has 2 fully saturated rings. The summed E-state index contributed by atoms with van der Waals surface area (Å²) < 4.78 is 5.54. The topological polar surface area (TPSA) is 75.6 Å². The Balaban J connectivity index is 1.57. The van der Waals surface area contributed by atoms with E-state index in [1.165, 1.54) is 0 Å². The van der Waals surface area contributed by atoms with E-state index < -0.39 is 5.41 Å². The lowest BCUT2D eigenvalue weighted by Gasteiger charge is -2.31. The van der Waals surface area contributed by atoms with Gasteiger partial charge in [-0.3, -0.25) is 24.5 Å². The van der Waals surface area contributed by atoms with Crippen molar-refractivity contribution < 1.29 is 14.3 Å². The molecule has 31 heavy (non-hydrogen) atoms. The van der Waals surface area contributed by atoms with Gasteiger partial charge in [-0.1, -0.05) is 12.1 Å². The van der Waals surface area contributed by atoms with E-state index in [-0.39, 0.29) is 17.8 Å². The highest BCUT2D eigenvalue weighted by atomic mass is 16.5. The minimum atomic E-state index is -0.584. The van der Waals surface area contributed by atoms with Crippen LogP contribution >= 0.6 is 0 Å². The fourth-order valence-electron chi connectivity index (χ4n) is 5.02. The Morgan fingerprint density at radius 1 is 1.19 bits per heavy atom. The Bertz CT molecular complexity index is 935. The van der Waals surface area contributed by atoms with Crippen molar-refractivity contribution in [1.82, 2.24) is 19.8 Å². The van der Waals surface area contributed by atoms with Crippen LogP contribution in [0.4, 0.5) is 0 Å². The summed E-state index contributed by atoms with van der Waals surface area (Å²) in [5.74, 6) is -0.183. The minimum absolute atomic E-state index is 0.0199. The van der Waals surface area contributed by atoms with Gasteiger partial charge in [0.1, 0.15) is 5.69 Å². The number of rotatable bonds is 5. The standard InChI is InChI=1S/C24H30N4O3/c1-3-31-23(30)24-11-7-13-28(22(29)21-10-4-5-12-25-21)15-19(24)14-27(17-24)16-20-9-6-8-18(2)26-20/h4-6,8-10,12,19H,3,7,11,13-17H2,1-2H3/t19-,24+/m1/s1. The molecule has 4 rings (SSSR count). The van der Waals surface area contributed by atoms with Crippen LogP contribution < -0.4 is 0 Å². The maximum absolute atomic E-state index is 13.2. The van der Waals surface area contributed by atoms with Gasteiger partial charge in [0, 0.05) is 50.5 Å². The average molecular weight is 423 g/mol. The minimum Gasteiger partial charge on any atom is -0.466 e. The lowest BCUT2D eigenvalue weighted by atomic mass is 9.75. The highest BCUT2D eigenvalue weighted by molar-refractivity contribution is 5.92. The average Bonchev–Trinajstić information content (AvgIpc) is 3.00. The molecule has 0 bridgehead atoms. The predicted octanol–water partition coefficient (Wildman–Crippen LogP) is 2.70. The number of aromatic nitrogens is 2. The van der Waals surface area contributed by atoms with E-state index in [2.05, 4.69) is 14.9 Å². The molecule has 0 unspecified atom stereocenters. The third-order valence-electron chi connectivity index (χ3n) is 6.44. The van der Waals surface area contributed by atoms with Crippen molar-refractivity contribution in [3.63, 3.8) is 0 Å². The number of nitrogens with zero attached hydrogens (tertiary/aromatic N) is 4. The molecule has 1 amide bonds. The molecule has 0 aliphatic carbocycles. The number of amides is 1. The number of hydrogen-bond donors (Lipinski definition) is 0. The molecule has 7 nitrogen and oxygen atoms in total. The fraction of sp³-hybridized carbons (Fsp3) is 0.500. The quantitative estimate of drug-likeness (QED) is 0.690. The second-order valence-electron chi connectivity index (χ2n) is 8.58. The molecular formula is C24H30N4O3. The van der Waals surface area contributed by atoms with Crippen LogP contribution in [0.3, 0.4) is 0 Å². The Hall–Kier alpha value is -2.80. The van der Waals surface area contributed by atoms with Crippen LogP contribution in [0.25, 0.3) is 0 Å². The molecule has 4 heterocycles. The number of fused-ring (bicyclic) bond motifs is 1. The zero-order chi connectivity index (χ0) is 21.8. The first-order chi connectivity index (χ1) is 15.0. The molecule has 0 spiro atoms. The highest BCUT2D eigenvalue weighted by Gasteiger charge is 2.54. The zero-order valence-corrected chi connectivity index (χ0v) is 18.3. The Morgan fingerprint density at radius 2 is 2.06 bits per heavy atom. The van der Waals surface area contributed by atoms with Crippen LogP contribution in [-0.4, -0.2) is 64.4 Å². The Morgan fingerprint density at radius 3 is 2.81 bits per heavy atom. The highest BCUT2D eigenvalue weighted by Crippen LogP contribution is 2.44. The van der Waals surface area contributed by atoms with Gasteiger partial charge in [0.25, 0.3) is 5.91 Å². The number of likely N-dealkylation sites (tertiary alicyclic amines) is 2. The van der Waals surface area contributed by atoms with E-state index in [9.17, 15) is 9.59 Å². The van der Waals surface area contributed by atoms with E-state index in [1.807, 2.05) is 43.0 Å². The molecule has 2 saturated heterocycles. The van der Waals surface area contributed by atoms with Crippen LogP contribution in [0.1, 0.15) is 41.6 Å². The molecule has 2 aliphatic rings. The zero-order valence-electron chi connectivity index (χ0n) is 18.3. The number of ether oxygens (including phenoxy) is 1. The normalized spacial score (nSPS) is 23.8. The lowest BCUT2D eigenvalue weighted by molar-refractivity contribution is -0.157. The molecule has 0 radical (unpaired) electrons. The van der Waals surface area contributed by atoms with E-state index in [1.54, 1.807) is 18.3 Å². The van der Waals surface area contributed by atoms with Crippen LogP contribution in [0.15, 0.2) is 42.6 Å². The van der Waals surface area contributed by atoms with Gasteiger partial charge < -0.3 is 9.64 Å². The molecular weight excluding hydrogens is 392 g/mol. The van der Waals surface area contributed by atoms with Gasteiger partial charge in [-0.2, -0.15) is 0 Å². The van der Waals surface area contributed by atoms with Crippen molar-refractivity contribution >= 4 is 11.9 Å². The molecule has 0 N–H and O–H groups in total. The largest absolute Gasteiger partial charge is 0.466 e. The maximum atomic E-state index is 13.2. The number of hydrogen-bond acceptors (Lipinski definition) is 6. The molecule has 7 heteroatoms. The third-order valence-corrected chi connectivity index (χ3v) is 6.44. The molecule has 164 valence electrons. The predicted molar refractivity (Wildman–Crippen MR) is 116 cm³/mol. The van der Waals surface area contributed by atoms with Gasteiger partial charge in [0.05, 0.1) is 17.7 Å². The van der Waals surface area contributed by atoms with Gasteiger partial charge >= 0.3 is 5.97 Å². The van der Waals surface area contributed by atoms with Crippen molar-refractivity contribution in [1.29, 1.82) is 0 Å². The lowest BCUT2D eigenvalue weighted by Crippen LogP contribution is -2.43. The summed E-state index contributed by atoms with van der Waals surface area (Å²) in [6, 6.07) is 11.4. The SMILES string of the molecule is CCOC(=O)[C@]12CCCN(C(=O)c3ccccn3)C[C@H]1CN(Cc1cccc(C)n1)C2. The van der Waals surface area contributed by atoms with Gasteiger partial charge in [-0.25, -0.2) is 0 Å². The number of esters is 1. The number of carbonyl (C=O) groups is 2. The van der Waals surface area contributed by atoms with E-state index in [0.717, 1.165) is 30.8 Å². The van der Waals surface area contributed by atoms with Crippen molar-refractivity contribution in [3.8, 4) is 0 Å². The van der Waals surface area contributed by atoms with E-state index in [4.69, 9.17) is 4.74 Å². The summed E-state index contributed by atoms with van der Waals surface area (Å²) in [4.78, 5) is 39.3. The smallest absolute Gasteiger partial charge is 0.313 e. The van der Waals surface area contributed by atoms with Crippen molar-refractivity contribution in [3.05, 3.63) is 59.7 Å². The van der Waals surface area contributed by atoms with Crippen molar-refractivity contribution in [2.24, 2.45) is 11.3 Å². The van der Waals surface area contributed by atoms with Gasteiger partial charge in [-0.15, -0.1) is 0 Å². The summed E-state index contributed by atoms with van der Waals surface area (Å²) in [5, 5.41) is 0. The molecule has 0 saturated carbocycles. The van der Waals surface area contributed by atoms with Gasteiger partial charge in [0.15, 0.2) is 0 Å². The van der Waals surface area contributed by atoms with Crippen molar-refractivity contribution in [2.75, 3.05) is 32.8 Å². The van der Waals surface area contributed by atoms with Gasteiger partial charge in [0.2, 0.25) is 0 Å². The maximum Gasteiger partial charge on any atom is 0.313 e. The summed E-state index contributed by atoms with van der Waals surface area (Å²) in [6.45, 7) is 7.42. The molecule has 0 aromatic carbocycles. The second kappa shape index (κ2) is 9.14. The molecule has 2 atom stereocenters. The monoisotopic (exact) mass is 422 g/mol. The van der Waals surface area contributed by atoms with E-state index in [0.29, 0.717) is 38.5 Å². The summed E-state index contributed by atoms with van der Waals surface area (Å²) in [7, 11) is 0. The van der Waals surface area contributed by atoms with Crippen LogP contribution in [0.2, 0.25) is 0 Å². The fourth-order valence-corrected chi connectivity index (χ4v) is 5.02. The van der Waals surface area contributed by atoms with Gasteiger partial charge in [-0.05, 0) is 51.0 Å². The Labute approximate surface area is 183 Å². The summed E-state index contributed by atoms with van der Waals surface area (Å²) in [6.07, 6.45) is 3.13.